The number of aromatic nitrogens is 3. The molecule has 0 amide bonds. The minimum atomic E-state index is -3.55. The number of benzene rings is 1. The van der Waals surface area contributed by atoms with Crippen molar-refractivity contribution in [1.82, 2.24) is 19.1 Å². The fraction of sp³-hybridized carbons (Fsp3) is 0.438. The molecule has 0 N–H and O–H groups in total. The second-order valence-corrected chi connectivity index (χ2v) is 8.72. The van der Waals surface area contributed by atoms with Crippen LogP contribution in [0.2, 0.25) is 0 Å². The first kappa shape index (κ1) is 19.0. The van der Waals surface area contributed by atoms with Gasteiger partial charge in [0.05, 0.1) is 23.9 Å². The van der Waals surface area contributed by atoms with Gasteiger partial charge in [-0.3, -0.25) is 4.79 Å². The van der Waals surface area contributed by atoms with E-state index in [-0.39, 0.29) is 16.4 Å². The van der Waals surface area contributed by atoms with Crippen LogP contribution in [-0.4, -0.2) is 65.3 Å². The van der Waals surface area contributed by atoms with Crippen molar-refractivity contribution in [3.63, 3.8) is 0 Å². The first-order valence-corrected chi connectivity index (χ1v) is 10.5. The molecule has 0 saturated carbocycles. The third kappa shape index (κ3) is 3.98. The van der Waals surface area contributed by atoms with Crippen LogP contribution in [0.4, 0.5) is 0 Å². The van der Waals surface area contributed by atoms with E-state index < -0.39 is 10.0 Å². The summed E-state index contributed by atoms with van der Waals surface area (Å²) in [5.41, 5.74) is 0.470. The summed E-state index contributed by atoms with van der Waals surface area (Å²) < 4.78 is 33.6. The van der Waals surface area contributed by atoms with Crippen LogP contribution in [0.5, 0.6) is 0 Å². The fourth-order valence-corrected chi connectivity index (χ4v) is 4.73. The van der Waals surface area contributed by atoms with Gasteiger partial charge >= 0.3 is 0 Å². The first-order valence-electron chi connectivity index (χ1n) is 8.09. The van der Waals surface area contributed by atoms with E-state index in [1.807, 2.05) is 18.5 Å². The summed E-state index contributed by atoms with van der Waals surface area (Å²) in [6, 6.07) is 6.07. The summed E-state index contributed by atoms with van der Waals surface area (Å²) in [4.78, 5) is 12.5. The molecular weight excluding hydrogens is 376 g/mol. The van der Waals surface area contributed by atoms with E-state index in [1.165, 1.54) is 28.2 Å². The van der Waals surface area contributed by atoms with E-state index in [9.17, 15) is 13.2 Å². The highest BCUT2D eigenvalue weighted by Gasteiger charge is 2.26. The lowest BCUT2D eigenvalue weighted by Crippen LogP contribution is -2.40. The number of hydrogen-bond acceptors (Lipinski definition) is 7. The molecule has 26 heavy (non-hydrogen) atoms. The molecule has 1 aliphatic heterocycles. The van der Waals surface area contributed by atoms with Gasteiger partial charge in [-0.15, -0.1) is 10.2 Å². The smallest absolute Gasteiger partial charge is 0.243 e. The highest BCUT2D eigenvalue weighted by atomic mass is 32.2. The summed E-state index contributed by atoms with van der Waals surface area (Å²) in [5.74, 6) is 0.894. The van der Waals surface area contributed by atoms with Gasteiger partial charge in [-0.05, 0) is 19.1 Å². The largest absolute Gasteiger partial charge is 0.379 e. The number of carbonyl (C=O) groups excluding carboxylic acids is 1. The Morgan fingerprint density at radius 1 is 1.19 bits per heavy atom. The monoisotopic (exact) mass is 396 g/mol. The number of hydrogen-bond donors (Lipinski definition) is 0. The summed E-state index contributed by atoms with van der Waals surface area (Å²) in [5, 5.41) is 8.63. The van der Waals surface area contributed by atoms with E-state index in [1.54, 1.807) is 12.1 Å². The van der Waals surface area contributed by atoms with Crippen LogP contribution in [0.25, 0.3) is 0 Å². The predicted octanol–water partition coefficient (Wildman–Crippen LogP) is 1.12. The standard InChI is InChI=1S/C16H20N4O4S2/c1-12-17-18-16(19(12)2)25-11-15(21)13-3-5-14(6-4-13)26(22,23)20-7-9-24-10-8-20/h3-6H,7-11H2,1-2H3. The average molecular weight is 396 g/mol. The molecule has 10 heteroatoms. The first-order chi connectivity index (χ1) is 12.4. The Kier molecular flexibility index (Phi) is 5.76. The van der Waals surface area contributed by atoms with Crippen molar-refractivity contribution in [3.8, 4) is 0 Å². The molecule has 1 aromatic heterocycles. The Labute approximate surface area is 156 Å². The maximum Gasteiger partial charge on any atom is 0.243 e. The number of sulfonamides is 1. The minimum Gasteiger partial charge on any atom is -0.379 e. The Balaban J connectivity index is 1.66. The van der Waals surface area contributed by atoms with E-state index in [4.69, 9.17) is 4.74 Å². The topological polar surface area (TPSA) is 94.4 Å². The van der Waals surface area contributed by atoms with Gasteiger partial charge in [0.2, 0.25) is 10.0 Å². The second kappa shape index (κ2) is 7.87. The van der Waals surface area contributed by atoms with Gasteiger partial charge in [-0.1, -0.05) is 23.9 Å². The highest BCUT2D eigenvalue weighted by Crippen LogP contribution is 2.20. The maximum absolute atomic E-state index is 12.6. The molecule has 0 spiro atoms. The van der Waals surface area contributed by atoms with Crippen LogP contribution in [0.1, 0.15) is 16.2 Å². The quantitative estimate of drug-likeness (QED) is 0.533. The molecule has 0 bridgehead atoms. The van der Waals surface area contributed by atoms with Gasteiger partial charge in [-0.25, -0.2) is 8.42 Å². The molecule has 1 aromatic carbocycles. The number of Topliss-reactive ketones (excluding diaryl/α,β-unsaturated/α-hetero) is 1. The van der Waals surface area contributed by atoms with Crippen LogP contribution in [0.15, 0.2) is 34.3 Å². The van der Waals surface area contributed by atoms with Crippen LogP contribution in [0, 0.1) is 6.92 Å². The SMILES string of the molecule is Cc1nnc(SCC(=O)c2ccc(S(=O)(=O)N3CCOCC3)cc2)n1C. The van der Waals surface area contributed by atoms with Gasteiger partial charge in [-0.2, -0.15) is 4.31 Å². The average Bonchev–Trinajstić information content (AvgIpc) is 2.99. The second-order valence-electron chi connectivity index (χ2n) is 5.84. The van der Waals surface area contributed by atoms with Crippen molar-refractivity contribution in [2.24, 2.45) is 7.05 Å². The van der Waals surface area contributed by atoms with E-state index in [0.29, 0.717) is 37.0 Å². The van der Waals surface area contributed by atoms with Crippen molar-refractivity contribution in [2.75, 3.05) is 32.1 Å². The molecule has 140 valence electrons. The van der Waals surface area contributed by atoms with Crippen LogP contribution in [-0.2, 0) is 21.8 Å². The van der Waals surface area contributed by atoms with Gasteiger partial charge in [0.15, 0.2) is 10.9 Å². The molecule has 0 atom stereocenters. The lowest BCUT2D eigenvalue weighted by molar-refractivity contribution is 0.0730. The Hall–Kier alpha value is -1.75. The zero-order valence-corrected chi connectivity index (χ0v) is 16.2. The zero-order valence-electron chi connectivity index (χ0n) is 14.6. The molecular formula is C16H20N4O4S2. The third-order valence-corrected chi connectivity index (χ3v) is 7.10. The van der Waals surface area contributed by atoms with Crippen molar-refractivity contribution in [1.29, 1.82) is 0 Å². The molecule has 2 aromatic rings. The lowest BCUT2D eigenvalue weighted by atomic mass is 10.1. The predicted molar refractivity (Wildman–Crippen MR) is 96.8 cm³/mol. The molecule has 1 aliphatic rings. The number of ketones is 1. The summed E-state index contributed by atoms with van der Waals surface area (Å²) >= 11 is 1.30. The van der Waals surface area contributed by atoms with Crippen molar-refractivity contribution >= 4 is 27.6 Å². The summed E-state index contributed by atoms with van der Waals surface area (Å²) in [6.07, 6.45) is 0. The molecule has 1 fully saturated rings. The zero-order chi connectivity index (χ0) is 18.7. The Morgan fingerprint density at radius 2 is 1.85 bits per heavy atom. The van der Waals surface area contributed by atoms with Crippen LogP contribution >= 0.6 is 11.8 Å². The summed E-state index contributed by atoms with van der Waals surface area (Å²) in [6.45, 7) is 3.32. The molecule has 0 aliphatic carbocycles. The maximum atomic E-state index is 12.6. The van der Waals surface area contributed by atoms with Crippen molar-refractivity contribution in [3.05, 3.63) is 35.7 Å². The fourth-order valence-electron chi connectivity index (χ4n) is 2.48. The number of carbonyl (C=O) groups is 1. The number of rotatable bonds is 6. The third-order valence-electron chi connectivity index (χ3n) is 4.17. The number of nitrogens with zero attached hydrogens (tertiary/aromatic N) is 4. The number of thioether (sulfide) groups is 1. The highest BCUT2D eigenvalue weighted by molar-refractivity contribution is 7.99. The summed E-state index contributed by atoms with van der Waals surface area (Å²) in [7, 11) is -1.71. The molecule has 3 rings (SSSR count). The van der Waals surface area contributed by atoms with E-state index in [2.05, 4.69) is 10.2 Å². The number of aryl methyl sites for hydroxylation is 1. The Morgan fingerprint density at radius 3 is 2.42 bits per heavy atom. The van der Waals surface area contributed by atoms with Crippen LogP contribution < -0.4 is 0 Å². The van der Waals surface area contributed by atoms with Crippen molar-refractivity contribution in [2.45, 2.75) is 17.0 Å². The van der Waals surface area contributed by atoms with Crippen molar-refractivity contribution < 1.29 is 17.9 Å². The lowest BCUT2D eigenvalue weighted by Gasteiger charge is -2.26. The molecule has 2 heterocycles. The molecule has 0 unspecified atom stereocenters. The normalized spacial score (nSPS) is 15.9. The minimum absolute atomic E-state index is 0.0917. The number of morpholine rings is 1. The molecule has 1 saturated heterocycles. The van der Waals surface area contributed by atoms with Gasteiger partial charge < -0.3 is 9.30 Å². The number of ether oxygens (including phenoxy) is 1. The van der Waals surface area contributed by atoms with E-state index >= 15 is 0 Å². The molecule has 8 nitrogen and oxygen atoms in total. The van der Waals surface area contributed by atoms with E-state index in [0.717, 1.165) is 5.82 Å². The van der Waals surface area contributed by atoms with Gasteiger partial charge in [0.25, 0.3) is 0 Å². The van der Waals surface area contributed by atoms with Gasteiger partial charge in [0.1, 0.15) is 5.82 Å². The van der Waals surface area contributed by atoms with Gasteiger partial charge in [0, 0.05) is 25.7 Å². The van der Waals surface area contributed by atoms with Crippen LogP contribution in [0.3, 0.4) is 0 Å². The molecule has 0 radical (unpaired) electrons. The Bertz CT molecular complexity index is 887.